The van der Waals surface area contributed by atoms with E-state index in [0.717, 1.165) is 11.5 Å². The van der Waals surface area contributed by atoms with Crippen LogP contribution in [0.3, 0.4) is 0 Å². The molecule has 8 heteroatoms. The topological polar surface area (TPSA) is 50.2 Å². The molecule has 0 radical (unpaired) electrons. The number of nitrogens with one attached hydrogen (secondary N) is 1. The van der Waals surface area contributed by atoms with Gasteiger partial charge in [-0.25, -0.2) is 18.7 Å². The van der Waals surface area contributed by atoms with Crippen LogP contribution in [0.4, 0.5) is 14.6 Å². The molecule has 0 saturated carbocycles. The molecule has 2 heterocycles. The second kappa shape index (κ2) is 8.11. The molecule has 3 aromatic carbocycles. The predicted octanol–water partition coefficient (Wildman–Crippen LogP) is 7.21. The molecular weight excluding hydrogens is 453 g/mol. The number of para-hydroxylation sites is 1. The average molecular weight is 469 g/mol. The van der Waals surface area contributed by atoms with Crippen molar-refractivity contribution in [3.63, 3.8) is 0 Å². The molecular formula is C24H16Cl2F2N4. The maximum absolute atomic E-state index is 14.5. The van der Waals surface area contributed by atoms with Crippen molar-refractivity contribution in [1.29, 1.82) is 0 Å². The molecule has 1 aliphatic heterocycles. The number of rotatable bonds is 3. The number of aromatic nitrogens is 2. The van der Waals surface area contributed by atoms with Gasteiger partial charge in [0.1, 0.15) is 23.3 Å². The highest BCUT2D eigenvalue weighted by atomic mass is 35.5. The number of nitrogens with zero attached hydrogens (tertiary/aromatic N) is 3. The van der Waals surface area contributed by atoms with Gasteiger partial charge in [-0.15, -0.1) is 0 Å². The van der Waals surface area contributed by atoms with Gasteiger partial charge in [0.25, 0.3) is 0 Å². The smallest absolute Gasteiger partial charge is 0.163 e. The number of hydrogen-bond acceptors (Lipinski definition) is 4. The lowest BCUT2D eigenvalue weighted by Gasteiger charge is -2.12. The molecule has 1 aromatic heterocycles. The quantitative estimate of drug-likeness (QED) is 0.345. The maximum atomic E-state index is 14.5. The van der Waals surface area contributed by atoms with Gasteiger partial charge in [0.2, 0.25) is 0 Å². The zero-order valence-corrected chi connectivity index (χ0v) is 18.3. The maximum Gasteiger partial charge on any atom is 0.163 e. The second-order valence-corrected chi connectivity index (χ2v) is 8.26. The number of hydrogen-bond donors (Lipinski definition) is 1. The van der Waals surface area contributed by atoms with Crippen LogP contribution in [-0.4, -0.2) is 15.8 Å². The van der Waals surface area contributed by atoms with Gasteiger partial charge >= 0.3 is 0 Å². The highest BCUT2D eigenvalue weighted by Gasteiger charge is 2.29. The standard InChI is InChI=1S/C24H16Cl2F2N4/c1-2-19-21-16(10-13(27)11-18(21)28)24(29-19)32-23-15-5-3-4-6-20(15)30-22(31-23)14-8-7-12(25)9-17(14)26/h3-11,19H,2H2,1H3,(H,29,30,31,32). The van der Waals surface area contributed by atoms with Crippen molar-refractivity contribution in [1.82, 2.24) is 9.97 Å². The first-order valence-corrected chi connectivity index (χ1v) is 10.8. The summed E-state index contributed by atoms with van der Waals surface area (Å²) in [5, 5.41) is 4.85. The lowest BCUT2D eigenvalue weighted by atomic mass is 10.0. The van der Waals surface area contributed by atoms with Gasteiger partial charge < -0.3 is 5.32 Å². The van der Waals surface area contributed by atoms with Crippen molar-refractivity contribution in [3.8, 4) is 11.4 Å². The van der Waals surface area contributed by atoms with E-state index >= 15 is 0 Å². The number of halogens is 4. The van der Waals surface area contributed by atoms with Gasteiger partial charge in [-0.3, -0.25) is 4.99 Å². The van der Waals surface area contributed by atoms with E-state index in [-0.39, 0.29) is 0 Å². The monoisotopic (exact) mass is 468 g/mol. The first-order chi connectivity index (χ1) is 15.4. The number of benzene rings is 3. The van der Waals surface area contributed by atoms with E-state index in [1.807, 2.05) is 31.2 Å². The van der Waals surface area contributed by atoms with Crippen molar-refractivity contribution in [2.75, 3.05) is 5.32 Å². The number of amidine groups is 1. The third-order valence-electron chi connectivity index (χ3n) is 5.37. The first-order valence-electron chi connectivity index (χ1n) is 10.0. The van der Waals surface area contributed by atoms with Crippen LogP contribution in [0.25, 0.3) is 22.3 Å². The Morgan fingerprint density at radius 1 is 0.969 bits per heavy atom. The number of fused-ring (bicyclic) bond motifs is 2. The summed E-state index contributed by atoms with van der Waals surface area (Å²) in [4.78, 5) is 13.9. The summed E-state index contributed by atoms with van der Waals surface area (Å²) in [6.45, 7) is 1.91. The Balaban J connectivity index is 1.66. The summed E-state index contributed by atoms with van der Waals surface area (Å²) in [6.07, 6.45) is 0.580. The Labute approximate surface area is 193 Å². The molecule has 4 nitrogen and oxygen atoms in total. The van der Waals surface area contributed by atoms with Crippen molar-refractivity contribution in [2.45, 2.75) is 19.4 Å². The summed E-state index contributed by atoms with van der Waals surface area (Å²) in [6, 6.07) is 14.3. The largest absolute Gasteiger partial charge is 0.324 e. The van der Waals surface area contributed by atoms with E-state index in [1.165, 1.54) is 6.07 Å². The zero-order chi connectivity index (χ0) is 22.4. The minimum atomic E-state index is -0.659. The van der Waals surface area contributed by atoms with Crippen LogP contribution in [0.15, 0.2) is 59.6 Å². The molecule has 5 rings (SSSR count). The van der Waals surface area contributed by atoms with E-state index in [4.69, 9.17) is 23.2 Å². The van der Waals surface area contributed by atoms with Gasteiger partial charge in [0.05, 0.1) is 16.6 Å². The number of aliphatic imine (C=N–C) groups is 1. The van der Waals surface area contributed by atoms with E-state index in [2.05, 4.69) is 20.3 Å². The lowest BCUT2D eigenvalue weighted by molar-refractivity contribution is 0.556. The van der Waals surface area contributed by atoms with Gasteiger partial charge in [-0.1, -0.05) is 42.3 Å². The highest BCUT2D eigenvalue weighted by Crippen LogP contribution is 2.36. The Kier molecular flexibility index (Phi) is 5.27. The van der Waals surface area contributed by atoms with Crippen molar-refractivity contribution in [2.24, 2.45) is 4.99 Å². The molecule has 160 valence electrons. The van der Waals surface area contributed by atoms with Gasteiger partial charge in [0, 0.05) is 33.2 Å². The fourth-order valence-electron chi connectivity index (χ4n) is 3.88. The molecule has 0 fully saturated rings. The SMILES string of the molecule is CCC1N=C(Nc2nc(-c3ccc(Cl)cc3Cl)nc3ccccc23)c2cc(F)cc(F)c21. The van der Waals surface area contributed by atoms with Crippen LogP contribution in [0.2, 0.25) is 10.0 Å². The van der Waals surface area contributed by atoms with Crippen LogP contribution in [0.5, 0.6) is 0 Å². The van der Waals surface area contributed by atoms with Gasteiger partial charge in [-0.05, 0) is 42.8 Å². The summed E-state index contributed by atoms with van der Waals surface area (Å²) in [7, 11) is 0. The van der Waals surface area contributed by atoms with Crippen molar-refractivity contribution in [3.05, 3.63) is 87.4 Å². The van der Waals surface area contributed by atoms with Crippen molar-refractivity contribution < 1.29 is 8.78 Å². The second-order valence-electron chi connectivity index (χ2n) is 7.41. The predicted molar refractivity (Wildman–Crippen MR) is 125 cm³/mol. The van der Waals surface area contributed by atoms with E-state index in [9.17, 15) is 8.78 Å². The average Bonchev–Trinajstić information content (AvgIpc) is 3.11. The molecule has 1 N–H and O–H groups in total. The Hall–Kier alpha value is -3.09. The molecule has 1 atom stereocenters. The van der Waals surface area contributed by atoms with Crippen LogP contribution >= 0.6 is 23.2 Å². The summed E-state index contributed by atoms with van der Waals surface area (Å²) in [5.74, 6) is -0.0450. The third kappa shape index (κ3) is 3.59. The van der Waals surface area contributed by atoms with Crippen LogP contribution in [0, 0.1) is 11.6 Å². The molecule has 0 aliphatic carbocycles. The molecule has 32 heavy (non-hydrogen) atoms. The Bertz CT molecular complexity index is 1400. The molecule has 4 aromatic rings. The van der Waals surface area contributed by atoms with Crippen LogP contribution in [0.1, 0.15) is 30.5 Å². The first kappa shape index (κ1) is 20.8. The lowest BCUT2D eigenvalue weighted by Crippen LogP contribution is -2.14. The molecule has 0 saturated heterocycles. The van der Waals surface area contributed by atoms with Crippen LogP contribution < -0.4 is 5.32 Å². The molecule has 0 amide bonds. The third-order valence-corrected chi connectivity index (χ3v) is 5.91. The minimum absolute atomic E-state index is 0.363. The van der Waals surface area contributed by atoms with E-state index in [0.29, 0.717) is 56.2 Å². The van der Waals surface area contributed by atoms with E-state index < -0.39 is 17.7 Å². The summed E-state index contributed by atoms with van der Waals surface area (Å²) in [5.41, 5.74) is 2.07. The highest BCUT2D eigenvalue weighted by molar-refractivity contribution is 6.36. The molecule has 1 aliphatic rings. The Morgan fingerprint density at radius 2 is 1.78 bits per heavy atom. The minimum Gasteiger partial charge on any atom is -0.324 e. The number of anilines is 1. The molecule has 1 unspecified atom stereocenters. The van der Waals surface area contributed by atoms with E-state index in [1.54, 1.807) is 18.2 Å². The summed E-state index contributed by atoms with van der Waals surface area (Å²) >= 11 is 12.4. The normalized spacial score (nSPS) is 15.0. The fourth-order valence-corrected chi connectivity index (χ4v) is 4.37. The van der Waals surface area contributed by atoms with Gasteiger partial charge in [-0.2, -0.15) is 0 Å². The zero-order valence-electron chi connectivity index (χ0n) is 16.8. The van der Waals surface area contributed by atoms with Crippen molar-refractivity contribution >= 4 is 45.8 Å². The van der Waals surface area contributed by atoms with Gasteiger partial charge in [0.15, 0.2) is 5.82 Å². The summed E-state index contributed by atoms with van der Waals surface area (Å²) < 4.78 is 28.5. The fraction of sp³-hybridized carbons (Fsp3) is 0.125. The molecule has 0 spiro atoms. The Morgan fingerprint density at radius 3 is 2.56 bits per heavy atom. The molecule has 0 bridgehead atoms. The van der Waals surface area contributed by atoms with Crippen LogP contribution in [-0.2, 0) is 0 Å².